The first-order chi connectivity index (χ1) is 14.9. The lowest BCUT2D eigenvalue weighted by Crippen LogP contribution is -2.42. The number of carbonyl (C=O) groups is 1. The van der Waals surface area contributed by atoms with Gasteiger partial charge in [0, 0.05) is 43.6 Å². The molecule has 7 nitrogen and oxygen atoms in total. The number of ether oxygens (including phenoxy) is 3. The Kier molecular flexibility index (Phi) is 8.54. The van der Waals surface area contributed by atoms with Gasteiger partial charge in [0.1, 0.15) is 6.61 Å². The molecule has 2 fully saturated rings. The van der Waals surface area contributed by atoms with Gasteiger partial charge in [0.2, 0.25) is 5.91 Å². The number of carbonyl (C=O) groups excluding carboxylic acids is 1. The zero-order valence-electron chi connectivity index (χ0n) is 18.8. The van der Waals surface area contributed by atoms with Crippen LogP contribution in [0.4, 0.5) is 4.39 Å². The lowest BCUT2D eigenvalue weighted by atomic mass is 9.79. The van der Waals surface area contributed by atoms with Crippen molar-refractivity contribution in [1.82, 2.24) is 14.9 Å². The largest absolute Gasteiger partial charge is 0.368 e. The Balaban J connectivity index is 1.28. The molecule has 1 N–H and O–H groups in total. The number of alkyl halides is 1. The van der Waals surface area contributed by atoms with Gasteiger partial charge in [-0.3, -0.25) is 4.79 Å². The van der Waals surface area contributed by atoms with E-state index in [1.807, 2.05) is 17.7 Å². The van der Waals surface area contributed by atoms with Crippen LogP contribution in [0.25, 0.3) is 5.70 Å². The van der Waals surface area contributed by atoms with E-state index in [1.165, 1.54) is 6.92 Å². The second-order valence-electron chi connectivity index (χ2n) is 9.09. The Bertz CT molecular complexity index is 800. The first kappa shape index (κ1) is 25.8. The maximum atomic E-state index is 13.3. The lowest BCUT2D eigenvalue weighted by molar-refractivity contribution is -0.139. The fourth-order valence-electron chi connectivity index (χ4n) is 3.78. The second kappa shape index (κ2) is 10.6. The molecule has 1 aromatic heterocycles. The van der Waals surface area contributed by atoms with Gasteiger partial charge in [0.05, 0.1) is 35.4 Å². The number of nitrogens with one attached hydrogen (secondary N) is 1. The Labute approximate surface area is 195 Å². The normalized spacial score (nSPS) is 27.2. The number of rotatable bonds is 12. The van der Waals surface area contributed by atoms with E-state index in [1.54, 1.807) is 6.33 Å². The van der Waals surface area contributed by atoms with Gasteiger partial charge >= 0.3 is 0 Å². The van der Waals surface area contributed by atoms with Crippen LogP contribution in [0, 0.1) is 0 Å². The smallest absolute Gasteiger partial charge is 0.246 e. The van der Waals surface area contributed by atoms with E-state index in [0.29, 0.717) is 25.8 Å². The minimum Gasteiger partial charge on any atom is -0.368 e. The molecule has 1 amide bonds. The van der Waals surface area contributed by atoms with Gasteiger partial charge in [-0.1, -0.05) is 25.1 Å². The molecule has 1 heterocycles. The molecule has 0 aliphatic heterocycles. The average molecular weight is 483 g/mol. The summed E-state index contributed by atoms with van der Waals surface area (Å²) in [4.78, 5) is 16.4. The first-order valence-corrected chi connectivity index (χ1v) is 12.0. The van der Waals surface area contributed by atoms with Crippen molar-refractivity contribution >= 4 is 37.9 Å². The van der Waals surface area contributed by atoms with Crippen LogP contribution < -0.4 is 5.32 Å². The van der Waals surface area contributed by atoms with Crippen LogP contribution in [0.3, 0.4) is 0 Å². The van der Waals surface area contributed by atoms with E-state index in [-0.39, 0.29) is 41.8 Å². The quantitative estimate of drug-likeness (QED) is 0.366. The van der Waals surface area contributed by atoms with Crippen molar-refractivity contribution in [3.8, 4) is 0 Å². The van der Waals surface area contributed by atoms with Gasteiger partial charge in [0.25, 0.3) is 0 Å². The third-order valence-corrected chi connectivity index (χ3v) is 5.81. The van der Waals surface area contributed by atoms with E-state index < -0.39 is 5.75 Å². The standard InChI is InChI=1S/C21H33BFN3O4P2/c1-13(26-10-18(25-12-26)14-6-16(7-14)29-20(2,22)23)4-5-24-19(27)11-28-15-8-17(9-15)30-21(3,31)32/h10,12,14-17H,1,4-9,11,31-32H2,2-3H3,(H,24,27). The maximum Gasteiger partial charge on any atom is 0.246 e. The second-order valence-corrected chi connectivity index (χ2v) is 12.1. The molecule has 3 rings (SSSR count). The van der Waals surface area contributed by atoms with Crippen molar-refractivity contribution in [2.24, 2.45) is 0 Å². The van der Waals surface area contributed by atoms with Crippen LogP contribution >= 0.6 is 18.5 Å². The molecular weight excluding hydrogens is 450 g/mol. The fraction of sp³-hybridized carbons (Fsp3) is 0.714. The van der Waals surface area contributed by atoms with Gasteiger partial charge in [-0.05, 0) is 26.7 Å². The number of aromatic nitrogens is 2. The summed E-state index contributed by atoms with van der Waals surface area (Å²) in [7, 11) is 10.5. The summed E-state index contributed by atoms with van der Waals surface area (Å²) in [6.07, 6.45) is 7.29. The van der Waals surface area contributed by atoms with Crippen molar-refractivity contribution in [1.29, 1.82) is 0 Å². The zero-order valence-corrected chi connectivity index (χ0v) is 21.1. The topological polar surface area (TPSA) is 74.6 Å². The Morgan fingerprint density at radius 2 is 1.94 bits per heavy atom. The maximum absolute atomic E-state index is 13.3. The molecule has 11 heteroatoms. The highest BCUT2D eigenvalue weighted by atomic mass is 31.1. The van der Waals surface area contributed by atoms with Crippen LogP contribution in [0.5, 0.6) is 0 Å². The lowest BCUT2D eigenvalue weighted by Gasteiger charge is -2.38. The highest BCUT2D eigenvalue weighted by Crippen LogP contribution is 2.40. The van der Waals surface area contributed by atoms with E-state index in [0.717, 1.165) is 24.2 Å². The minimum atomic E-state index is -2.10. The number of amides is 1. The van der Waals surface area contributed by atoms with Crippen molar-refractivity contribution in [3.63, 3.8) is 0 Å². The summed E-state index contributed by atoms with van der Waals surface area (Å²) in [5.74, 6) is -2.01. The predicted octanol–water partition coefficient (Wildman–Crippen LogP) is 2.92. The highest BCUT2D eigenvalue weighted by molar-refractivity contribution is 7.39. The molecule has 1 aromatic rings. The molecule has 176 valence electrons. The van der Waals surface area contributed by atoms with Crippen molar-refractivity contribution < 1.29 is 23.4 Å². The van der Waals surface area contributed by atoms with E-state index in [9.17, 15) is 9.18 Å². The number of imidazole rings is 1. The third kappa shape index (κ3) is 8.18. The number of hydrogen-bond donors (Lipinski definition) is 1. The Morgan fingerprint density at radius 3 is 2.56 bits per heavy atom. The molecule has 2 aliphatic carbocycles. The monoisotopic (exact) mass is 483 g/mol. The van der Waals surface area contributed by atoms with Crippen LogP contribution in [0.2, 0.25) is 0 Å². The molecule has 32 heavy (non-hydrogen) atoms. The van der Waals surface area contributed by atoms with Gasteiger partial charge in [-0.15, -0.1) is 0 Å². The van der Waals surface area contributed by atoms with Gasteiger partial charge < -0.3 is 24.1 Å². The van der Waals surface area contributed by atoms with Crippen molar-refractivity contribution in [3.05, 3.63) is 24.8 Å². The highest BCUT2D eigenvalue weighted by Gasteiger charge is 2.36. The molecular formula is C21H33BFN3O4P2. The van der Waals surface area contributed by atoms with Crippen LogP contribution in [0.1, 0.15) is 57.6 Å². The fourth-order valence-corrected chi connectivity index (χ4v) is 4.16. The minimum absolute atomic E-state index is 0.0454. The predicted molar refractivity (Wildman–Crippen MR) is 129 cm³/mol. The Morgan fingerprint density at radius 1 is 1.28 bits per heavy atom. The van der Waals surface area contributed by atoms with Crippen LogP contribution in [0.15, 0.2) is 19.1 Å². The number of halogens is 1. The molecule has 3 unspecified atom stereocenters. The molecule has 2 aliphatic rings. The average Bonchev–Trinajstić information content (AvgIpc) is 3.07. The summed E-state index contributed by atoms with van der Waals surface area (Å²) in [6, 6.07) is 0. The molecule has 2 saturated carbocycles. The van der Waals surface area contributed by atoms with Crippen LogP contribution in [-0.4, -0.2) is 65.6 Å². The zero-order chi connectivity index (χ0) is 23.5. The molecule has 0 bridgehead atoms. The summed E-state index contributed by atoms with van der Waals surface area (Å²) in [5.41, 5.74) is 1.75. The molecule has 3 atom stereocenters. The molecule has 0 aromatic carbocycles. The summed E-state index contributed by atoms with van der Waals surface area (Å²) < 4.78 is 31.7. The van der Waals surface area contributed by atoms with Gasteiger partial charge in [-0.2, -0.15) is 0 Å². The molecule has 2 radical (unpaired) electrons. The van der Waals surface area contributed by atoms with E-state index in [2.05, 4.69) is 35.4 Å². The van der Waals surface area contributed by atoms with Gasteiger partial charge in [-0.25, -0.2) is 9.37 Å². The summed E-state index contributed by atoms with van der Waals surface area (Å²) >= 11 is 0. The van der Waals surface area contributed by atoms with E-state index in [4.69, 9.17) is 22.1 Å². The molecule has 0 saturated heterocycles. The van der Waals surface area contributed by atoms with Gasteiger partial charge in [0.15, 0.2) is 13.6 Å². The first-order valence-electron chi connectivity index (χ1n) is 10.9. The summed E-state index contributed by atoms with van der Waals surface area (Å²) in [6.45, 7) is 7.75. The number of nitrogens with zero attached hydrogens (tertiary/aromatic N) is 2. The van der Waals surface area contributed by atoms with Crippen molar-refractivity contribution in [2.75, 3.05) is 13.2 Å². The third-order valence-electron chi connectivity index (χ3n) is 5.54. The molecule has 0 spiro atoms. The van der Waals surface area contributed by atoms with Crippen molar-refractivity contribution in [2.45, 2.75) is 81.0 Å². The van der Waals surface area contributed by atoms with E-state index >= 15 is 0 Å². The SMILES string of the molecule is [B]C(C)(F)OC1CC(c2cn(C(=C)CCNC(=O)COC3CC(OC(C)(P)P)C3)cn2)C1. The number of hydrogen-bond acceptors (Lipinski definition) is 5. The Hall–Kier alpha value is -0.845. The van der Waals surface area contributed by atoms with Crippen LogP contribution in [-0.2, 0) is 19.0 Å². The summed E-state index contributed by atoms with van der Waals surface area (Å²) in [5, 5.41) is 2.54.